The Labute approximate surface area is 191 Å². The minimum absolute atomic E-state index is 0.0834. The highest BCUT2D eigenvalue weighted by Crippen LogP contribution is 2.35. The summed E-state index contributed by atoms with van der Waals surface area (Å²) in [5.74, 6) is 1.21. The number of rotatable bonds is 6. The Morgan fingerprint density at radius 2 is 1.75 bits per heavy atom. The van der Waals surface area contributed by atoms with E-state index in [2.05, 4.69) is 17.4 Å². The first kappa shape index (κ1) is 24.4. The van der Waals surface area contributed by atoms with Crippen LogP contribution in [-0.2, 0) is 19.7 Å². The number of carbonyl (C=O) groups excluding carboxylic acids is 2. The van der Waals surface area contributed by atoms with Crippen molar-refractivity contribution in [1.29, 1.82) is 0 Å². The summed E-state index contributed by atoms with van der Waals surface area (Å²) in [5.41, 5.74) is 0.616. The number of amides is 2. The van der Waals surface area contributed by atoms with Crippen LogP contribution in [0.5, 0.6) is 5.75 Å². The average Bonchev–Trinajstić information content (AvgIpc) is 2.78. The molecule has 2 aliphatic rings. The van der Waals surface area contributed by atoms with Crippen molar-refractivity contribution in [3.63, 3.8) is 0 Å². The SMILES string of the molecule is COc1ccc(C2(CNC(=O)CC3CCN(C(=O)OC(C)(C)C)CC3)CCOCC2)cc1. The van der Waals surface area contributed by atoms with Crippen LogP contribution in [0.25, 0.3) is 0 Å². The van der Waals surface area contributed by atoms with Crippen molar-refractivity contribution in [1.82, 2.24) is 10.2 Å². The molecule has 3 rings (SSSR count). The van der Waals surface area contributed by atoms with E-state index in [0.717, 1.165) is 31.4 Å². The summed E-state index contributed by atoms with van der Waals surface area (Å²) in [6, 6.07) is 8.16. The highest BCUT2D eigenvalue weighted by molar-refractivity contribution is 5.76. The van der Waals surface area contributed by atoms with Crippen molar-refractivity contribution in [3.8, 4) is 5.75 Å². The molecule has 178 valence electrons. The Balaban J connectivity index is 1.50. The van der Waals surface area contributed by atoms with Crippen LogP contribution in [-0.4, -0.2) is 62.5 Å². The molecule has 2 saturated heterocycles. The second-order valence-corrected chi connectivity index (χ2v) is 10.0. The van der Waals surface area contributed by atoms with Crippen molar-refractivity contribution in [2.45, 2.75) is 63.9 Å². The van der Waals surface area contributed by atoms with Gasteiger partial charge in [0.05, 0.1) is 7.11 Å². The van der Waals surface area contributed by atoms with E-state index in [4.69, 9.17) is 14.2 Å². The Morgan fingerprint density at radius 3 is 2.31 bits per heavy atom. The van der Waals surface area contributed by atoms with E-state index in [9.17, 15) is 9.59 Å². The summed E-state index contributed by atoms with van der Waals surface area (Å²) in [7, 11) is 1.66. The van der Waals surface area contributed by atoms with E-state index in [-0.39, 0.29) is 17.4 Å². The van der Waals surface area contributed by atoms with Crippen molar-refractivity contribution in [2.24, 2.45) is 5.92 Å². The van der Waals surface area contributed by atoms with Gasteiger partial charge in [0.2, 0.25) is 5.91 Å². The van der Waals surface area contributed by atoms with E-state index < -0.39 is 5.60 Å². The maximum atomic E-state index is 12.8. The third kappa shape index (κ3) is 6.61. The molecule has 0 aliphatic carbocycles. The van der Waals surface area contributed by atoms with Gasteiger partial charge in [-0.15, -0.1) is 0 Å². The Morgan fingerprint density at radius 1 is 1.12 bits per heavy atom. The first-order chi connectivity index (χ1) is 15.2. The Hall–Kier alpha value is -2.28. The average molecular weight is 447 g/mol. The van der Waals surface area contributed by atoms with Crippen LogP contribution in [0.4, 0.5) is 4.79 Å². The second-order valence-electron chi connectivity index (χ2n) is 10.0. The van der Waals surface area contributed by atoms with Crippen molar-refractivity contribution in [2.75, 3.05) is 40.0 Å². The van der Waals surface area contributed by atoms with Gasteiger partial charge in [-0.25, -0.2) is 4.79 Å². The van der Waals surface area contributed by atoms with Gasteiger partial charge in [-0.2, -0.15) is 0 Å². The lowest BCUT2D eigenvalue weighted by atomic mass is 9.74. The van der Waals surface area contributed by atoms with Gasteiger partial charge in [0, 0.05) is 44.7 Å². The van der Waals surface area contributed by atoms with E-state index in [1.807, 2.05) is 32.9 Å². The lowest BCUT2D eigenvalue weighted by Gasteiger charge is -2.38. The van der Waals surface area contributed by atoms with Crippen LogP contribution >= 0.6 is 0 Å². The molecule has 2 amide bonds. The van der Waals surface area contributed by atoms with Crippen LogP contribution in [0.2, 0.25) is 0 Å². The molecule has 0 atom stereocenters. The van der Waals surface area contributed by atoms with Gasteiger partial charge in [-0.1, -0.05) is 12.1 Å². The molecule has 1 aromatic carbocycles. The quantitative estimate of drug-likeness (QED) is 0.717. The minimum Gasteiger partial charge on any atom is -0.497 e. The number of likely N-dealkylation sites (tertiary alicyclic amines) is 1. The number of ether oxygens (including phenoxy) is 3. The van der Waals surface area contributed by atoms with E-state index in [1.54, 1.807) is 12.0 Å². The van der Waals surface area contributed by atoms with Crippen LogP contribution in [0.1, 0.15) is 58.4 Å². The lowest BCUT2D eigenvalue weighted by Crippen LogP contribution is -2.45. The summed E-state index contributed by atoms with van der Waals surface area (Å²) in [4.78, 5) is 26.8. The molecule has 2 aliphatic heterocycles. The predicted molar refractivity (Wildman–Crippen MR) is 123 cm³/mol. The molecule has 0 bridgehead atoms. The number of nitrogens with one attached hydrogen (secondary N) is 1. The normalized spacial score (nSPS) is 19.3. The highest BCUT2D eigenvalue weighted by atomic mass is 16.6. The number of carbonyl (C=O) groups is 2. The van der Waals surface area contributed by atoms with Crippen molar-refractivity contribution in [3.05, 3.63) is 29.8 Å². The number of hydrogen-bond donors (Lipinski definition) is 1. The highest BCUT2D eigenvalue weighted by Gasteiger charge is 2.35. The third-order valence-corrected chi connectivity index (χ3v) is 6.52. The zero-order valence-electron chi connectivity index (χ0n) is 19.9. The second kappa shape index (κ2) is 10.6. The van der Waals surface area contributed by atoms with E-state index >= 15 is 0 Å². The van der Waals surface area contributed by atoms with Gasteiger partial charge in [-0.3, -0.25) is 4.79 Å². The van der Waals surface area contributed by atoms with Crippen LogP contribution in [0.15, 0.2) is 24.3 Å². The minimum atomic E-state index is -0.488. The van der Waals surface area contributed by atoms with Crippen LogP contribution < -0.4 is 10.1 Å². The zero-order valence-corrected chi connectivity index (χ0v) is 19.9. The first-order valence-corrected chi connectivity index (χ1v) is 11.7. The molecule has 0 saturated carbocycles. The summed E-state index contributed by atoms with van der Waals surface area (Å²) in [6.07, 6.45) is 3.65. The van der Waals surface area contributed by atoms with Crippen molar-refractivity contribution < 1.29 is 23.8 Å². The molecule has 0 unspecified atom stereocenters. The number of nitrogens with zero attached hydrogens (tertiary/aromatic N) is 1. The molecule has 1 aromatic rings. The van der Waals surface area contributed by atoms with E-state index in [0.29, 0.717) is 45.2 Å². The molecule has 0 radical (unpaired) electrons. The molecule has 2 fully saturated rings. The molecule has 7 heteroatoms. The van der Waals surface area contributed by atoms with Crippen molar-refractivity contribution >= 4 is 12.0 Å². The maximum absolute atomic E-state index is 12.8. The molecule has 0 aromatic heterocycles. The summed E-state index contributed by atoms with van der Waals surface area (Å²) >= 11 is 0. The Bertz CT molecular complexity index is 758. The smallest absolute Gasteiger partial charge is 0.410 e. The zero-order chi connectivity index (χ0) is 23.2. The largest absolute Gasteiger partial charge is 0.497 e. The van der Waals surface area contributed by atoms with Gasteiger partial charge in [0.1, 0.15) is 11.4 Å². The summed E-state index contributed by atoms with van der Waals surface area (Å²) in [6.45, 7) is 8.91. The fourth-order valence-corrected chi connectivity index (χ4v) is 4.52. The van der Waals surface area contributed by atoms with Gasteiger partial charge in [0.15, 0.2) is 0 Å². The number of methoxy groups -OCH3 is 1. The van der Waals surface area contributed by atoms with Gasteiger partial charge in [-0.05, 0) is 70.1 Å². The first-order valence-electron chi connectivity index (χ1n) is 11.7. The molecule has 32 heavy (non-hydrogen) atoms. The van der Waals surface area contributed by atoms with Crippen LogP contribution in [0, 0.1) is 5.92 Å². The summed E-state index contributed by atoms with van der Waals surface area (Å²) < 4.78 is 16.3. The monoisotopic (exact) mass is 446 g/mol. The third-order valence-electron chi connectivity index (χ3n) is 6.52. The molecular weight excluding hydrogens is 408 g/mol. The fourth-order valence-electron chi connectivity index (χ4n) is 4.52. The van der Waals surface area contributed by atoms with Crippen LogP contribution in [0.3, 0.4) is 0 Å². The number of hydrogen-bond acceptors (Lipinski definition) is 5. The molecule has 1 N–H and O–H groups in total. The molecule has 0 spiro atoms. The maximum Gasteiger partial charge on any atom is 0.410 e. The number of piperidine rings is 1. The van der Waals surface area contributed by atoms with Gasteiger partial charge < -0.3 is 24.4 Å². The summed E-state index contributed by atoms with van der Waals surface area (Å²) in [5, 5.41) is 3.20. The topological polar surface area (TPSA) is 77.1 Å². The van der Waals surface area contributed by atoms with E-state index in [1.165, 1.54) is 5.56 Å². The van der Waals surface area contributed by atoms with Gasteiger partial charge >= 0.3 is 6.09 Å². The lowest BCUT2D eigenvalue weighted by molar-refractivity contribution is -0.122. The molecule has 7 nitrogen and oxygen atoms in total. The number of benzene rings is 1. The fraction of sp³-hybridized carbons (Fsp3) is 0.680. The predicted octanol–water partition coefficient (Wildman–Crippen LogP) is 3.90. The molecular formula is C25H38N2O5. The molecule has 2 heterocycles. The Kier molecular flexibility index (Phi) is 8.04. The van der Waals surface area contributed by atoms with Gasteiger partial charge in [0.25, 0.3) is 0 Å². The standard InChI is InChI=1S/C25H38N2O5/c1-24(2,3)32-23(29)27-13-9-19(10-14-27)17-22(28)26-18-25(11-15-31-16-12-25)20-5-7-21(30-4)8-6-20/h5-8,19H,9-18H2,1-4H3,(H,26,28).